The lowest BCUT2D eigenvalue weighted by molar-refractivity contribution is 0.601. The fraction of sp³-hybridized carbons (Fsp3) is 0.182. The Morgan fingerprint density at radius 2 is 2.05 bits per heavy atom. The zero-order valence-corrected chi connectivity index (χ0v) is 11.9. The van der Waals surface area contributed by atoms with E-state index in [1.54, 1.807) is 13.8 Å². The first-order chi connectivity index (χ1) is 8.81. The van der Waals surface area contributed by atoms with Gasteiger partial charge < -0.3 is 5.73 Å². The Bertz CT molecular complexity index is 724. The summed E-state index contributed by atoms with van der Waals surface area (Å²) in [5.41, 5.74) is 7.29. The molecule has 2 aromatic rings. The van der Waals surface area contributed by atoms with Crippen LogP contribution in [0.5, 0.6) is 0 Å². The van der Waals surface area contributed by atoms with Crippen LogP contribution in [-0.2, 0) is 10.0 Å². The zero-order valence-electron chi connectivity index (χ0n) is 10.4. The standard InChI is InChI=1S/C11H13ClN4O2S/c1-6-7(2)14-15-11(6)16-19(17,18)10-4-3-8(12)5-9(10)13/h3-5H,13H2,1-2H3,(H2,14,15,16). The second kappa shape index (κ2) is 4.75. The second-order valence-electron chi connectivity index (χ2n) is 4.11. The van der Waals surface area contributed by atoms with Crippen LogP contribution in [0, 0.1) is 13.8 Å². The number of hydrogen-bond acceptors (Lipinski definition) is 4. The maximum absolute atomic E-state index is 12.2. The highest BCUT2D eigenvalue weighted by molar-refractivity contribution is 7.92. The summed E-state index contributed by atoms with van der Waals surface area (Å²) in [5, 5.41) is 6.97. The average Bonchev–Trinajstić information content (AvgIpc) is 2.60. The zero-order chi connectivity index (χ0) is 14.2. The maximum Gasteiger partial charge on any atom is 0.265 e. The molecule has 1 aromatic carbocycles. The summed E-state index contributed by atoms with van der Waals surface area (Å²) in [6.07, 6.45) is 0. The van der Waals surface area contributed by atoms with Crippen molar-refractivity contribution in [2.45, 2.75) is 18.7 Å². The molecule has 0 aliphatic heterocycles. The molecule has 0 saturated heterocycles. The molecule has 0 fully saturated rings. The van der Waals surface area contributed by atoms with Crippen LogP contribution >= 0.6 is 11.6 Å². The van der Waals surface area contributed by atoms with Crippen molar-refractivity contribution < 1.29 is 8.42 Å². The Morgan fingerprint density at radius 3 is 2.58 bits per heavy atom. The third-order valence-corrected chi connectivity index (χ3v) is 4.39. The summed E-state index contributed by atoms with van der Waals surface area (Å²) < 4.78 is 26.8. The van der Waals surface area contributed by atoms with E-state index in [1.165, 1.54) is 18.2 Å². The highest BCUT2D eigenvalue weighted by atomic mass is 35.5. The molecular formula is C11H13ClN4O2S. The van der Waals surface area contributed by atoms with Crippen LogP contribution in [0.3, 0.4) is 0 Å². The smallest absolute Gasteiger partial charge is 0.265 e. The van der Waals surface area contributed by atoms with Gasteiger partial charge in [0.25, 0.3) is 10.0 Å². The Balaban J connectivity index is 2.41. The number of aromatic amines is 1. The lowest BCUT2D eigenvalue weighted by Crippen LogP contribution is -2.15. The SMILES string of the molecule is Cc1[nH]nc(NS(=O)(=O)c2ccc(Cl)cc2N)c1C. The van der Waals surface area contributed by atoms with Gasteiger partial charge in [-0.15, -0.1) is 0 Å². The number of H-pyrrole nitrogens is 1. The molecule has 0 aliphatic carbocycles. The highest BCUT2D eigenvalue weighted by Crippen LogP contribution is 2.25. The maximum atomic E-state index is 12.2. The number of rotatable bonds is 3. The number of hydrogen-bond donors (Lipinski definition) is 3. The number of benzene rings is 1. The first kappa shape index (κ1) is 13.7. The summed E-state index contributed by atoms with van der Waals surface area (Å²) in [5.74, 6) is 0.256. The molecule has 1 aromatic heterocycles. The molecule has 0 aliphatic rings. The van der Waals surface area contributed by atoms with Gasteiger partial charge in [0.2, 0.25) is 0 Å². The van der Waals surface area contributed by atoms with Gasteiger partial charge in [-0.3, -0.25) is 9.82 Å². The fourth-order valence-electron chi connectivity index (χ4n) is 1.53. The Labute approximate surface area is 116 Å². The lowest BCUT2D eigenvalue weighted by Gasteiger charge is -2.09. The van der Waals surface area contributed by atoms with E-state index in [4.69, 9.17) is 17.3 Å². The van der Waals surface area contributed by atoms with Gasteiger partial charge >= 0.3 is 0 Å². The number of anilines is 2. The molecule has 2 rings (SSSR count). The van der Waals surface area contributed by atoms with E-state index in [2.05, 4.69) is 14.9 Å². The molecule has 0 bridgehead atoms. The minimum absolute atomic E-state index is 0.0306. The molecule has 0 saturated carbocycles. The molecule has 0 spiro atoms. The largest absolute Gasteiger partial charge is 0.398 e. The molecule has 4 N–H and O–H groups in total. The van der Waals surface area contributed by atoms with Gasteiger partial charge in [0.15, 0.2) is 5.82 Å². The van der Waals surface area contributed by atoms with E-state index in [-0.39, 0.29) is 16.4 Å². The third-order valence-electron chi connectivity index (χ3n) is 2.75. The van der Waals surface area contributed by atoms with Crippen LogP contribution in [0.25, 0.3) is 0 Å². The normalized spacial score (nSPS) is 11.5. The van der Waals surface area contributed by atoms with Crippen LogP contribution in [0.15, 0.2) is 23.1 Å². The summed E-state index contributed by atoms with van der Waals surface area (Å²) in [7, 11) is -3.79. The van der Waals surface area contributed by atoms with E-state index >= 15 is 0 Å². The highest BCUT2D eigenvalue weighted by Gasteiger charge is 2.20. The molecular weight excluding hydrogens is 288 g/mol. The second-order valence-corrected chi connectivity index (χ2v) is 6.20. The van der Waals surface area contributed by atoms with Gasteiger partial charge in [-0.25, -0.2) is 8.42 Å². The van der Waals surface area contributed by atoms with Gasteiger partial charge in [-0.1, -0.05) is 11.6 Å². The van der Waals surface area contributed by atoms with Gasteiger partial charge in [-0.2, -0.15) is 5.10 Å². The quantitative estimate of drug-likeness (QED) is 0.755. The number of nitrogens with zero attached hydrogens (tertiary/aromatic N) is 1. The van der Waals surface area contributed by atoms with Crippen molar-refractivity contribution in [1.29, 1.82) is 0 Å². The molecule has 19 heavy (non-hydrogen) atoms. The molecule has 1 heterocycles. The molecule has 0 amide bonds. The van der Waals surface area contributed by atoms with E-state index in [0.717, 1.165) is 11.3 Å². The summed E-state index contributed by atoms with van der Waals surface area (Å²) in [6, 6.07) is 4.21. The predicted octanol–water partition coefficient (Wildman–Crippen LogP) is 2.06. The average molecular weight is 301 g/mol. The van der Waals surface area contributed by atoms with Crippen LogP contribution in [0.4, 0.5) is 11.5 Å². The number of sulfonamides is 1. The van der Waals surface area contributed by atoms with Crippen molar-refractivity contribution in [2.24, 2.45) is 0 Å². The lowest BCUT2D eigenvalue weighted by atomic mass is 10.3. The van der Waals surface area contributed by atoms with Crippen molar-refractivity contribution in [2.75, 3.05) is 10.5 Å². The van der Waals surface area contributed by atoms with Crippen LogP contribution in [0.1, 0.15) is 11.3 Å². The Morgan fingerprint density at radius 1 is 1.37 bits per heavy atom. The number of nitrogen functional groups attached to an aromatic ring is 1. The number of aryl methyl sites for hydroxylation is 1. The van der Waals surface area contributed by atoms with Gasteiger partial charge in [0, 0.05) is 16.3 Å². The van der Waals surface area contributed by atoms with E-state index in [9.17, 15) is 8.42 Å². The van der Waals surface area contributed by atoms with Crippen molar-refractivity contribution in [1.82, 2.24) is 10.2 Å². The third kappa shape index (κ3) is 2.66. The van der Waals surface area contributed by atoms with E-state index in [0.29, 0.717) is 5.02 Å². The molecule has 6 nitrogen and oxygen atoms in total. The molecule has 0 atom stereocenters. The summed E-state index contributed by atoms with van der Waals surface area (Å²) >= 11 is 5.74. The summed E-state index contributed by atoms with van der Waals surface area (Å²) in [4.78, 5) is -0.0306. The Kier molecular flexibility index (Phi) is 3.42. The van der Waals surface area contributed by atoms with E-state index < -0.39 is 10.0 Å². The fourth-order valence-corrected chi connectivity index (χ4v) is 2.89. The van der Waals surface area contributed by atoms with E-state index in [1.807, 2.05) is 0 Å². The van der Waals surface area contributed by atoms with Crippen molar-refractivity contribution in [3.05, 3.63) is 34.5 Å². The number of nitrogens with two attached hydrogens (primary N) is 1. The van der Waals surface area contributed by atoms with Crippen molar-refractivity contribution in [3.8, 4) is 0 Å². The number of aromatic nitrogens is 2. The van der Waals surface area contributed by atoms with Gasteiger partial charge in [0.05, 0.1) is 5.69 Å². The van der Waals surface area contributed by atoms with Crippen molar-refractivity contribution in [3.63, 3.8) is 0 Å². The first-order valence-electron chi connectivity index (χ1n) is 5.40. The van der Waals surface area contributed by atoms with Gasteiger partial charge in [-0.05, 0) is 32.0 Å². The minimum Gasteiger partial charge on any atom is -0.398 e. The van der Waals surface area contributed by atoms with Crippen molar-refractivity contribution >= 4 is 33.1 Å². The predicted molar refractivity (Wildman–Crippen MR) is 74.7 cm³/mol. The van der Waals surface area contributed by atoms with Crippen LogP contribution in [0.2, 0.25) is 5.02 Å². The molecule has 0 unspecified atom stereocenters. The minimum atomic E-state index is -3.79. The monoisotopic (exact) mass is 300 g/mol. The molecule has 8 heteroatoms. The van der Waals surface area contributed by atoms with Gasteiger partial charge in [0.1, 0.15) is 4.90 Å². The summed E-state index contributed by atoms with van der Waals surface area (Å²) in [6.45, 7) is 3.57. The molecule has 102 valence electrons. The first-order valence-corrected chi connectivity index (χ1v) is 7.27. The topological polar surface area (TPSA) is 101 Å². The van der Waals surface area contributed by atoms with Crippen LogP contribution in [-0.4, -0.2) is 18.6 Å². The number of halogens is 1. The molecule has 0 radical (unpaired) electrons. The Hall–Kier alpha value is -1.73. The van der Waals surface area contributed by atoms with Crippen LogP contribution < -0.4 is 10.5 Å². The number of nitrogens with one attached hydrogen (secondary N) is 2.